The molecule has 0 saturated carbocycles. The first kappa shape index (κ1) is 15.2. The minimum atomic E-state index is -4.31. The summed E-state index contributed by atoms with van der Waals surface area (Å²) in [4.78, 5) is 0. The van der Waals surface area contributed by atoms with Crippen molar-refractivity contribution in [1.82, 2.24) is 0 Å². The summed E-state index contributed by atoms with van der Waals surface area (Å²) in [5.74, 6) is 0. The number of alkyl halides is 3. The molecule has 1 nitrogen and oxygen atoms in total. The summed E-state index contributed by atoms with van der Waals surface area (Å²) in [6.07, 6.45) is -4.31. The summed E-state index contributed by atoms with van der Waals surface area (Å²) in [5.41, 5.74) is 0.907. The summed E-state index contributed by atoms with van der Waals surface area (Å²) in [5, 5.41) is 3.64. The molecule has 2 aromatic carbocycles. The summed E-state index contributed by atoms with van der Waals surface area (Å²) in [6.45, 7) is 0.484. The molecule has 0 amide bonds. The molecule has 0 aromatic heterocycles. The van der Waals surface area contributed by atoms with Crippen LogP contribution in [-0.2, 0) is 12.7 Å². The molecule has 106 valence electrons. The molecule has 0 radical (unpaired) electrons. The Morgan fingerprint density at radius 2 is 1.70 bits per heavy atom. The van der Waals surface area contributed by atoms with E-state index in [0.29, 0.717) is 17.3 Å². The molecule has 0 aliphatic rings. The van der Waals surface area contributed by atoms with Crippen molar-refractivity contribution >= 4 is 33.2 Å². The average molecular weight is 365 g/mol. The number of rotatable bonds is 3. The fourth-order valence-electron chi connectivity index (χ4n) is 1.63. The summed E-state index contributed by atoms with van der Waals surface area (Å²) in [7, 11) is 0. The molecule has 0 saturated heterocycles. The lowest BCUT2D eigenvalue weighted by Crippen LogP contribution is -2.05. The maximum Gasteiger partial charge on any atom is 0.416 e. The molecule has 0 bridgehead atoms. The minimum absolute atomic E-state index is 0.484. The number of hydrogen-bond donors (Lipinski definition) is 1. The van der Waals surface area contributed by atoms with Crippen LogP contribution in [-0.4, -0.2) is 0 Å². The van der Waals surface area contributed by atoms with Crippen molar-refractivity contribution in [2.24, 2.45) is 0 Å². The van der Waals surface area contributed by atoms with Crippen LogP contribution in [0, 0.1) is 0 Å². The Morgan fingerprint density at radius 1 is 1.05 bits per heavy atom. The van der Waals surface area contributed by atoms with Gasteiger partial charge in [-0.05, 0) is 57.9 Å². The topological polar surface area (TPSA) is 12.0 Å². The van der Waals surface area contributed by atoms with Crippen molar-refractivity contribution in [3.05, 3.63) is 63.1 Å². The zero-order valence-corrected chi connectivity index (χ0v) is 12.5. The zero-order valence-electron chi connectivity index (χ0n) is 10.1. The Bertz CT molecular complexity index is 596. The van der Waals surface area contributed by atoms with Gasteiger partial charge in [0.1, 0.15) is 0 Å². The van der Waals surface area contributed by atoms with Gasteiger partial charge in [0.15, 0.2) is 0 Å². The lowest BCUT2D eigenvalue weighted by molar-refractivity contribution is -0.137. The van der Waals surface area contributed by atoms with Gasteiger partial charge in [-0.2, -0.15) is 13.2 Å². The van der Waals surface area contributed by atoms with E-state index in [-0.39, 0.29) is 0 Å². The largest absolute Gasteiger partial charge is 0.416 e. The number of benzene rings is 2. The Balaban J connectivity index is 2.02. The molecule has 0 atom stereocenters. The van der Waals surface area contributed by atoms with Crippen molar-refractivity contribution in [3.63, 3.8) is 0 Å². The molecule has 2 rings (SSSR count). The first-order valence-electron chi connectivity index (χ1n) is 5.71. The van der Waals surface area contributed by atoms with Crippen molar-refractivity contribution < 1.29 is 13.2 Å². The van der Waals surface area contributed by atoms with Gasteiger partial charge in [0.05, 0.1) is 10.6 Å². The highest BCUT2D eigenvalue weighted by Gasteiger charge is 2.29. The quantitative estimate of drug-likeness (QED) is 0.733. The molecular formula is C14H10BrClF3N. The Kier molecular flexibility index (Phi) is 4.60. The third-order valence-electron chi connectivity index (χ3n) is 2.69. The number of anilines is 1. The predicted molar refractivity (Wildman–Crippen MR) is 77.9 cm³/mol. The Hall–Kier alpha value is -1.20. The van der Waals surface area contributed by atoms with Crippen LogP contribution in [0.2, 0.25) is 5.02 Å². The maximum absolute atomic E-state index is 12.4. The van der Waals surface area contributed by atoms with E-state index in [0.717, 1.165) is 22.2 Å². The zero-order chi connectivity index (χ0) is 14.8. The molecule has 0 aliphatic heterocycles. The van der Waals surface area contributed by atoms with Crippen LogP contribution < -0.4 is 5.32 Å². The van der Waals surface area contributed by atoms with Crippen LogP contribution in [0.1, 0.15) is 11.1 Å². The molecule has 0 aliphatic carbocycles. The molecule has 0 heterocycles. The Morgan fingerprint density at radius 3 is 2.25 bits per heavy atom. The van der Waals surface area contributed by atoms with Crippen LogP contribution >= 0.6 is 27.5 Å². The monoisotopic (exact) mass is 363 g/mol. The van der Waals surface area contributed by atoms with Gasteiger partial charge < -0.3 is 5.32 Å². The third-order valence-corrected chi connectivity index (χ3v) is 3.93. The first-order chi connectivity index (χ1) is 9.36. The van der Waals surface area contributed by atoms with E-state index in [2.05, 4.69) is 21.2 Å². The van der Waals surface area contributed by atoms with Gasteiger partial charge in [0, 0.05) is 16.7 Å². The predicted octanol–water partition coefficient (Wildman–Crippen LogP) is 5.73. The molecule has 0 spiro atoms. The second-order valence-corrected chi connectivity index (χ2v) is 5.44. The van der Waals surface area contributed by atoms with Crippen LogP contribution in [0.3, 0.4) is 0 Å². The minimum Gasteiger partial charge on any atom is -0.381 e. The van der Waals surface area contributed by atoms with E-state index in [1.54, 1.807) is 6.07 Å². The second-order valence-electron chi connectivity index (χ2n) is 4.18. The second kappa shape index (κ2) is 6.06. The van der Waals surface area contributed by atoms with E-state index >= 15 is 0 Å². The van der Waals surface area contributed by atoms with Crippen LogP contribution in [0.25, 0.3) is 0 Å². The van der Waals surface area contributed by atoms with Gasteiger partial charge in [-0.3, -0.25) is 0 Å². The lowest BCUT2D eigenvalue weighted by Gasteiger charge is -2.10. The molecule has 6 heteroatoms. The van der Waals surface area contributed by atoms with Crippen LogP contribution in [0.4, 0.5) is 18.9 Å². The highest BCUT2D eigenvalue weighted by molar-refractivity contribution is 9.10. The highest BCUT2D eigenvalue weighted by Crippen LogP contribution is 2.30. The molecule has 1 N–H and O–H groups in total. The smallest absolute Gasteiger partial charge is 0.381 e. The fourth-order valence-corrected chi connectivity index (χ4v) is 2.08. The van der Waals surface area contributed by atoms with E-state index in [1.807, 2.05) is 12.1 Å². The van der Waals surface area contributed by atoms with Gasteiger partial charge in [-0.1, -0.05) is 17.7 Å². The van der Waals surface area contributed by atoms with Crippen molar-refractivity contribution in [1.29, 1.82) is 0 Å². The maximum atomic E-state index is 12.4. The van der Waals surface area contributed by atoms with Gasteiger partial charge in [-0.15, -0.1) is 0 Å². The molecule has 20 heavy (non-hydrogen) atoms. The summed E-state index contributed by atoms with van der Waals surface area (Å²) >= 11 is 9.26. The average Bonchev–Trinajstić information content (AvgIpc) is 2.40. The standard InChI is InChI=1S/C14H10BrClF3N/c15-12-6-1-9(7-13(12)16)8-20-11-4-2-10(3-5-11)14(17,18)19/h1-7,20H,8H2. The summed E-state index contributed by atoms with van der Waals surface area (Å²) in [6, 6.07) is 10.4. The highest BCUT2D eigenvalue weighted by atomic mass is 79.9. The van der Waals surface area contributed by atoms with Gasteiger partial charge in [-0.25, -0.2) is 0 Å². The first-order valence-corrected chi connectivity index (χ1v) is 6.88. The molecule has 0 unspecified atom stereocenters. The Labute approximate surface area is 127 Å². The van der Waals surface area contributed by atoms with Gasteiger partial charge >= 0.3 is 6.18 Å². The molecular weight excluding hydrogens is 355 g/mol. The van der Waals surface area contributed by atoms with E-state index in [4.69, 9.17) is 11.6 Å². The number of halogens is 5. The van der Waals surface area contributed by atoms with Crippen molar-refractivity contribution in [2.75, 3.05) is 5.32 Å². The molecule has 2 aromatic rings. The van der Waals surface area contributed by atoms with Crippen molar-refractivity contribution in [3.8, 4) is 0 Å². The number of hydrogen-bond acceptors (Lipinski definition) is 1. The van der Waals surface area contributed by atoms with Crippen molar-refractivity contribution in [2.45, 2.75) is 12.7 Å². The van der Waals surface area contributed by atoms with Crippen LogP contribution in [0.15, 0.2) is 46.9 Å². The fraction of sp³-hybridized carbons (Fsp3) is 0.143. The third kappa shape index (κ3) is 3.90. The van der Waals surface area contributed by atoms with E-state index in [1.165, 1.54) is 12.1 Å². The molecule has 0 fully saturated rings. The van der Waals surface area contributed by atoms with Crippen LogP contribution in [0.5, 0.6) is 0 Å². The summed E-state index contributed by atoms with van der Waals surface area (Å²) < 4.78 is 38.0. The van der Waals surface area contributed by atoms with E-state index in [9.17, 15) is 13.2 Å². The normalized spacial score (nSPS) is 11.4. The number of nitrogens with one attached hydrogen (secondary N) is 1. The van der Waals surface area contributed by atoms with Gasteiger partial charge in [0.25, 0.3) is 0 Å². The van der Waals surface area contributed by atoms with Gasteiger partial charge in [0.2, 0.25) is 0 Å². The van der Waals surface area contributed by atoms with E-state index < -0.39 is 11.7 Å². The SMILES string of the molecule is FC(F)(F)c1ccc(NCc2ccc(Br)c(Cl)c2)cc1. The lowest BCUT2D eigenvalue weighted by atomic mass is 10.2.